The fourth-order valence-electron chi connectivity index (χ4n) is 5.09. The quantitative estimate of drug-likeness (QED) is 0.268. The number of carboxylic acids is 1. The van der Waals surface area contributed by atoms with Crippen molar-refractivity contribution in [1.29, 1.82) is 0 Å². The van der Waals surface area contributed by atoms with Crippen molar-refractivity contribution >= 4 is 11.9 Å². The third kappa shape index (κ3) is 5.29. The molecule has 7 heteroatoms. The number of carboxylic acid groups (broad SMARTS) is 1. The molecule has 0 spiro atoms. The van der Waals surface area contributed by atoms with Gasteiger partial charge in [0.25, 0.3) is 0 Å². The lowest BCUT2D eigenvalue weighted by Gasteiger charge is -2.22. The second-order valence-corrected chi connectivity index (χ2v) is 9.15. The first kappa shape index (κ1) is 25.9. The van der Waals surface area contributed by atoms with Crippen LogP contribution in [-0.4, -0.2) is 44.5 Å². The van der Waals surface area contributed by atoms with E-state index in [2.05, 4.69) is 24.3 Å². The summed E-state index contributed by atoms with van der Waals surface area (Å²) in [5.41, 5.74) is 5.84. The van der Waals surface area contributed by atoms with Gasteiger partial charge in [0.1, 0.15) is 29.8 Å². The molecular weight excluding hydrogens is 496 g/mol. The van der Waals surface area contributed by atoms with Gasteiger partial charge in [0.15, 0.2) is 6.61 Å². The van der Waals surface area contributed by atoms with Gasteiger partial charge < -0.3 is 24.1 Å². The fraction of sp³-hybridized carbons (Fsp3) is 0.188. The molecule has 198 valence electrons. The molecule has 1 aliphatic carbocycles. The van der Waals surface area contributed by atoms with Gasteiger partial charge >= 0.3 is 11.9 Å². The number of hydrogen-bond acceptors (Lipinski definition) is 6. The van der Waals surface area contributed by atoms with Gasteiger partial charge in [-0.2, -0.15) is 0 Å². The summed E-state index contributed by atoms with van der Waals surface area (Å²) in [4.78, 5) is 24.7. The Morgan fingerprint density at radius 2 is 1.41 bits per heavy atom. The standard InChI is InChI=1S/C32H28O7/c1-36-22-15-16-27(29(17-22)37-2)31(20-11-13-21(14-12-20)38-19-30(33)34)32(35)39-18-28-25-9-5-3-7-23(25)24-8-4-6-10-26(24)28/h3-17,28,31H,18-19H2,1-2H3,(H,33,34). The van der Waals surface area contributed by atoms with Crippen LogP contribution in [0.25, 0.3) is 11.1 Å². The molecule has 0 saturated carbocycles. The number of carbonyl (C=O) groups excluding carboxylic acids is 1. The molecule has 1 aliphatic rings. The van der Waals surface area contributed by atoms with E-state index in [1.165, 1.54) is 7.11 Å². The minimum atomic E-state index is -1.07. The van der Waals surface area contributed by atoms with E-state index >= 15 is 0 Å². The molecule has 39 heavy (non-hydrogen) atoms. The Morgan fingerprint density at radius 3 is 2.00 bits per heavy atom. The van der Waals surface area contributed by atoms with Crippen LogP contribution in [0.3, 0.4) is 0 Å². The maximum absolute atomic E-state index is 13.8. The van der Waals surface area contributed by atoms with Gasteiger partial charge in [0, 0.05) is 17.5 Å². The molecule has 0 bridgehead atoms. The van der Waals surface area contributed by atoms with E-state index < -0.39 is 24.5 Å². The van der Waals surface area contributed by atoms with Crippen LogP contribution in [0.4, 0.5) is 0 Å². The van der Waals surface area contributed by atoms with E-state index in [0.717, 1.165) is 22.3 Å². The van der Waals surface area contributed by atoms with Crippen LogP contribution in [0.5, 0.6) is 17.2 Å². The summed E-state index contributed by atoms with van der Waals surface area (Å²) in [6.45, 7) is -0.275. The van der Waals surface area contributed by atoms with Crippen LogP contribution < -0.4 is 14.2 Å². The van der Waals surface area contributed by atoms with E-state index in [0.29, 0.717) is 28.4 Å². The predicted octanol–water partition coefficient (Wildman–Crippen LogP) is 5.65. The van der Waals surface area contributed by atoms with Crippen molar-refractivity contribution in [1.82, 2.24) is 0 Å². The highest BCUT2D eigenvalue weighted by Gasteiger charge is 2.32. The van der Waals surface area contributed by atoms with Crippen molar-refractivity contribution < 1.29 is 33.6 Å². The molecule has 7 nitrogen and oxygen atoms in total. The minimum absolute atomic E-state index is 0.0773. The zero-order valence-corrected chi connectivity index (χ0v) is 21.6. The monoisotopic (exact) mass is 524 g/mol. The molecule has 5 rings (SSSR count). The Hall–Kier alpha value is -4.78. The molecular formula is C32H28O7. The first-order chi connectivity index (χ1) is 19.0. The average Bonchev–Trinajstić information content (AvgIpc) is 3.29. The maximum atomic E-state index is 13.8. The van der Waals surface area contributed by atoms with Crippen molar-refractivity contribution in [3.63, 3.8) is 0 Å². The van der Waals surface area contributed by atoms with Gasteiger partial charge in [-0.1, -0.05) is 66.7 Å². The van der Waals surface area contributed by atoms with Crippen molar-refractivity contribution in [2.75, 3.05) is 27.4 Å². The Balaban J connectivity index is 1.46. The summed E-state index contributed by atoms with van der Waals surface area (Å²) < 4.78 is 22.3. The number of benzene rings is 4. The summed E-state index contributed by atoms with van der Waals surface area (Å²) >= 11 is 0. The average molecular weight is 525 g/mol. The second kappa shape index (κ2) is 11.3. The van der Waals surface area contributed by atoms with E-state index in [4.69, 9.17) is 24.1 Å². The molecule has 0 radical (unpaired) electrons. The first-order valence-electron chi connectivity index (χ1n) is 12.5. The topological polar surface area (TPSA) is 91.3 Å². The summed E-state index contributed by atoms with van der Waals surface area (Å²) in [7, 11) is 3.10. The van der Waals surface area contributed by atoms with Gasteiger partial charge in [-0.25, -0.2) is 4.79 Å². The van der Waals surface area contributed by atoms with E-state index in [1.807, 2.05) is 24.3 Å². The summed E-state index contributed by atoms with van der Waals surface area (Å²) in [5, 5.41) is 8.90. The van der Waals surface area contributed by atoms with Crippen LogP contribution in [0.2, 0.25) is 0 Å². The number of ether oxygens (including phenoxy) is 4. The predicted molar refractivity (Wildman–Crippen MR) is 146 cm³/mol. The highest BCUT2D eigenvalue weighted by atomic mass is 16.5. The zero-order chi connectivity index (χ0) is 27.4. The Bertz CT molecular complexity index is 1450. The summed E-state index contributed by atoms with van der Waals surface area (Å²) in [6.07, 6.45) is 0. The maximum Gasteiger partial charge on any atom is 0.341 e. The van der Waals surface area contributed by atoms with Crippen LogP contribution in [-0.2, 0) is 14.3 Å². The lowest BCUT2D eigenvalue weighted by atomic mass is 9.90. The number of esters is 1. The molecule has 1 N–H and O–H groups in total. The Kier molecular flexibility index (Phi) is 7.50. The lowest BCUT2D eigenvalue weighted by molar-refractivity contribution is -0.144. The third-order valence-electron chi connectivity index (χ3n) is 6.92. The molecule has 4 aromatic rings. The number of methoxy groups -OCH3 is 2. The molecule has 0 amide bonds. The molecule has 0 heterocycles. The number of hydrogen-bond donors (Lipinski definition) is 1. The number of carbonyl (C=O) groups is 2. The van der Waals surface area contributed by atoms with Crippen molar-refractivity contribution in [2.24, 2.45) is 0 Å². The summed E-state index contributed by atoms with van der Waals surface area (Å²) in [6, 6.07) is 28.4. The van der Waals surface area contributed by atoms with Crippen molar-refractivity contribution in [3.8, 4) is 28.4 Å². The van der Waals surface area contributed by atoms with Gasteiger partial charge in [-0.05, 0) is 46.0 Å². The normalized spacial score (nSPS) is 12.7. The SMILES string of the molecule is COc1ccc(C(C(=O)OCC2c3ccccc3-c3ccccc32)c2ccc(OCC(=O)O)cc2)c(OC)c1. The second-order valence-electron chi connectivity index (χ2n) is 9.15. The molecule has 4 aromatic carbocycles. The molecule has 0 fully saturated rings. The smallest absolute Gasteiger partial charge is 0.341 e. The third-order valence-corrected chi connectivity index (χ3v) is 6.92. The van der Waals surface area contributed by atoms with Crippen LogP contribution >= 0.6 is 0 Å². The van der Waals surface area contributed by atoms with E-state index in [9.17, 15) is 9.59 Å². The van der Waals surface area contributed by atoms with E-state index in [1.54, 1.807) is 49.6 Å². The highest BCUT2D eigenvalue weighted by molar-refractivity contribution is 5.84. The highest BCUT2D eigenvalue weighted by Crippen LogP contribution is 2.45. The van der Waals surface area contributed by atoms with Crippen molar-refractivity contribution in [3.05, 3.63) is 113 Å². The van der Waals surface area contributed by atoms with Crippen LogP contribution in [0.15, 0.2) is 91.0 Å². The summed E-state index contributed by atoms with van der Waals surface area (Å²) in [5.74, 6) is -0.913. The van der Waals surface area contributed by atoms with E-state index in [-0.39, 0.29) is 12.5 Å². The number of fused-ring (bicyclic) bond motifs is 3. The Labute approximate surface area is 226 Å². The number of rotatable bonds is 10. The van der Waals surface area contributed by atoms with Gasteiger partial charge in [0.05, 0.1) is 14.2 Å². The van der Waals surface area contributed by atoms with Crippen molar-refractivity contribution in [2.45, 2.75) is 11.8 Å². The van der Waals surface area contributed by atoms with Crippen LogP contribution in [0, 0.1) is 0 Å². The molecule has 1 unspecified atom stereocenters. The molecule has 0 saturated heterocycles. The first-order valence-corrected chi connectivity index (χ1v) is 12.5. The molecule has 0 aliphatic heterocycles. The van der Waals surface area contributed by atoms with Crippen LogP contribution in [0.1, 0.15) is 34.1 Å². The minimum Gasteiger partial charge on any atom is -0.497 e. The van der Waals surface area contributed by atoms with Gasteiger partial charge in [-0.3, -0.25) is 4.79 Å². The largest absolute Gasteiger partial charge is 0.497 e. The molecule has 0 aromatic heterocycles. The van der Waals surface area contributed by atoms with Gasteiger partial charge in [-0.15, -0.1) is 0 Å². The number of aliphatic carboxylic acids is 1. The lowest BCUT2D eigenvalue weighted by Crippen LogP contribution is -2.21. The fourth-order valence-corrected chi connectivity index (χ4v) is 5.09. The zero-order valence-electron chi connectivity index (χ0n) is 21.6. The van der Waals surface area contributed by atoms with Gasteiger partial charge in [0.2, 0.25) is 0 Å². The molecule has 1 atom stereocenters. The Morgan fingerprint density at radius 1 is 0.795 bits per heavy atom.